The molecule has 2 aromatic rings. The Morgan fingerprint density at radius 2 is 2.00 bits per heavy atom. The van der Waals surface area contributed by atoms with E-state index in [4.69, 9.17) is 5.11 Å². The molecule has 0 aliphatic heterocycles. The van der Waals surface area contributed by atoms with Crippen molar-refractivity contribution < 1.29 is 19.8 Å². The first kappa shape index (κ1) is 18.2. The summed E-state index contributed by atoms with van der Waals surface area (Å²) >= 11 is 2.25. The third-order valence-electron chi connectivity index (χ3n) is 2.94. The van der Waals surface area contributed by atoms with Crippen LogP contribution in [0.4, 0.5) is 9.80 Å². The Morgan fingerprint density at radius 1 is 1.25 bits per heavy atom. The molecule has 0 saturated carbocycles. The van der Waals surface area contributed by atoms with Crippen LogP contribution in [0.25, 0.3) is 0 Å². The molecule has 0 bridgehead atoms. The average molecular weight is 367 g/mol. The predicted octanol–water partition coefficient (Wildman–Crippen LogP) is 2.64. The molecule has 7 nitrogen and oxygen atoms in total. The molecule has 0 radical (unpaired) electrons. The Morgan fingerprint density at radius 3 is 2.67 bits per heavy atom. The standard InChI is InChI=1S/C15H17N3O4S2/c19-8-4-7-16-15(22)17-12-11(14(20)21)13(18-24-12)23-9-10-5-2-1-3-6-10/h1-3,5-6,19H,4,7-9H2,(H,20,21)(H2,16,17,22). The summed E-state index contributed by atoms with van der Waals surface area (Å²) < 4.78 is 4.14. The lowest BCUT2D eigenvalue weighted by atomic mass is 10.2. The Labute approximate surface area is 147 Å². The van der Waals surface area contributed by atoms with E-state index in [-0.39, 0.29) is 17.2 Å². The number of nitrogens with zero attached hydrogens (tertiary/aromatic N) is 1. The van der Waals surface area contributed by atoms with Crippen molar-refractivity contribution in [3.05, 3.63) is 41.5 Å². The first-order valence-corrected chi connectivity index (χ1v) is 8.93. The highest BCUT2D eigenvalue weighted by molar-refractivity contribution is 7.98. The summed E-state index contributed by atoms with van der Waals surface area (Å²) in [6.45, 7) is 0.278. The fourth-order valence-corrected chi connectivity index (χ4v) is 3.70. The summed E-state index contributed by atoms with van der Waals surface area (Å²) in [5.41, 5.74) is 1.06. The van der Waals surface area contributed by atoms with E-state index in [9.17, 15) is 14.7 Å². The molecule has 1 aromatic heterocycles. The fraction of sp³-hybridized carbons (Fsp3) is 0.267. The van der Waals surface area contributed by atoms with Gasteiger partial charge >= 0.3 is 12.0 Å². The lowest BCUT2D eigenvalue weighted by molar-refractivity contribution is 0.0694. The smallest absolute Gasteiger partial charge is 0.341 e. The zero-order valence-electron chi connectivity index (χ0n) is 12.7. The number of carbonyl (C=O) groups excluding carboxylic acids is 1. The van der Waals surface area contributed by atoms with E-state index >= 15 is 0 Å². The van der Waals surface area contributed by atoms with Gasteiger partial charge in [0.2, 0.25) is 0 Å². The van der Waals surface area contributed by atoms with Crippen molar-refractivity contribution in [2.45, 2.75) is 17.2 Å². The second kappa shape index (κ2) is 9.26. The van der Waals surface area contributed by atoms with Crippen LogP contribution in [0.3, 0.4) is 0 Å². The molecular formula is C15H17N3O4S2. The van der Waals surface area contributed by atoms with Crippen LogP contribution < -0.4 is 10.6 Å². The number of thioether (sulfide) groups is 1. The van der Waals surface area contributed by atoms with E-state index in [1.54, 1.807) is 0 Å². The minimum absolute atomic E-state index is 0.00163. The number of carbonyl (C=O) groups is 2. The topological polar surface area (TPSA) is 112 Å². The van der Waals surface area contributed by atoms with E-state index in [1.807, 2.05) is 30.3 Å². The molecule has 2 amide bonds. The van der Waals surface area contributed by atoms with Crippen LogP contribution in [-0.4, -0.2) is 39.7 Å². The maximum Gasteiger partial charge on any atom is 0.341 e. The summed E-state index contributed by atoms with van der Waals surface area (Å²) in [6.07, 6.45) is 0.431. The van der Waals surface area contributed by atoms with Crippen LogP contribution in [0.15, 0.2) is 35.4 Å². The second-order valence-corrected chi connectivity index (χ2v) is 6.47. The molecule has 0 atom stereocenters. The third-order valence-corrected chi connectivity index (χ3v) is 4.87. The van der Waals surface area contributed by atoms with E-state index in [2.05, 4.69) is 15.0 Å². The third kappa shape index (κ3) is 5.22. The molecule has 0 spiro atoms. The van der Waals surface area contributed by atoms with Gasteiger partial charge in [-0.2, -0.15) is 4.37 Å². The molecule has 0 aliphatic rings. The molecule has 24 heavy (non-hydrogen) atoms. The molecule has 2 rings (SSSR count). The summed E-state index contributed by atoms with van der Waals surface area (Å²) in [5, 5.41) is 23.7. The van der Waals surface area contributed by atoms with Crippen LogP contribution in [0.1, 0.15) is 22.3 Å². The molecule has 9 heteroatoms. The Hall–Kier alpha value is -2.10. The number of rotatable bonds is 8. The summed E-state index contributed by atoms with van der Waals surface area (Å²) in [7, 11) is 0. The Bertz CT molecular complexity index is 691. The van der Waals surface area contributed by atoms with Gasteiger partial charge in [-0.3, -0.25) is 5.32 Å². The number of aliphatic hydroxyl groups is 1. The highest BCUT2D eigenvalue weighted by Gasteiger charge is 2.22. The number of benzene rings is 1. The molecule has 0 fully saturated rings. The quantitative estimate of drug-likeness (QED) is 0.422. The molecule has 0 saturated heterocycles. The monoisotopic (exact) mass is 367 g/mol. The summed E-state index contributed by atoms with van der Waals surface area (Å²) in [6, 6.07) is 9.13. The van der Waals surface area contributed by atoms with E-state index < -0.39 is 12.0 Å². The molecule has 0 aliphatic carbocycles. The number of aliphatic hydroxyl groups excluding tert-OH is 1. The van der Waals surface area contributed by atoms with Gasteiger partial charge in [-0.1, -0.05) is 42.1 Å². The van der Waals surface area contributed by atoms with Crippen molar-refractivity contribution >= 4 is 40.3 Å². The molecule has 1 aromatic carbocycles. The number of urea groups is 1. The Kier molecular flexibility index (Phi) is 7.04. The predicted molar refractivity (Wildman–Crippen MR) is 93.8 cm³/mol. The lowest BCUT2D eigenvalue weighted by Gasteiger charge is -2.06. The van der Waals surface area contributed by atoms with Gasteiger partial charge in [0.15, 0.2) is 0 Å². The molecular weight excluding hydrogens is 350 g/mol. The van der Waals surface area contributed by atoms with Gasteiger partial charge in [0.25, 0.3) is 0 Å². The molecule has 128 valence electrons. The van der Waals surface area contributed by atoms with Gasteiger partial charge < -0.3 is 15.5 Å². The Balaban J connectivity index is 2.03. The number of carboxylic acid groups (broad SMARTS) is 1. The van der Waals surface area contributed by atoms with E-state index in [1.165, 1.54) is 11.8 Å². The first-order valence-electron chi connectivity index (χ1n) is 7.17. The van der Waals surface area contributed by atoms with Crippen molar-refractivity contribution in [2.75, 3.05) is 18.5 Å². The number of anilines is 1. The number of hydrogen-bond acceptors (Lipinski definition) is 6. The SMILES string of the molecule is O=C(NCCCO)Nc1snc(SCc2ccccc2)c1C(=O)O. The van der Waals surface area contributed by atoms with Crippen LogP contribution in [0.2, 0.25) is 0 Å². The maximum atomic E-state index is 11.7. The number of aromatic carboxylic acids is 1. The van der Waals surface area contributed by atoms with Crippen molar-refractivity contribution in [3.8, 4) is 0 Å². The largest absolute Gasteiger partial charge is 0.477 e. The maximum absolute atomic E-state index is 11.7. The number of hydrogen-bond donors (Lipinski definition) is 4. The van der Waals surface area contributed by atoms with Gasteiger partial charge in [0, 0.05) is 18.9 Å². The van der Waals surface area contributed by atoms with Crippen molar-refractivity contribution in [1.82, 2.24) is 9.69 Å². The minimum Gasteiger partial charge on any atom is -0.477 e. The van der Waals surface area contributed by atoms with E-state index in [0.29, 0.717) is 23.7 Å². The number of nitrogens with one attached hydrogen (secondary N) is 2. The number of aromatic nitrogens is 1. The summed E-state index contributed by atoms with van der Waals surface area (Å²) in [5.74, 6) is -0.544. The van der Waals surface area contributed by atoms with Gasteiger partial charge in [-0.05, 0) is 23.5 Å². The highest BCUT2D eigenvalue weighted by atomic mass is 32.2. The van der Waals surface area contributed by atoms with Gasteiger partial charge in [-0.25, -0.2) is 9.59 Å². The first-order chi connectivity index (χ1) is 11.6. The van der Waals surface area contributed by atoms with Crippen molar-refractivity contribution in [2.24, 2.45) is 0 Å². The van der Waals surface area contributed by atoms with E-state index in [0.717, 1.165) is 17.1 Å². The highest BCUT2D eigenvalue weighted by Crippen LogP contribution is 2.33. The van der Waals surface area contributed by atoms with Crippen molar-refractivity contribution in [3.63, 3.8) is 0 Å². The second-order valence-electron chi connectivity index (χ2n) is 4.73. The lowest BCUT2D eigenvalue weighted by Crippen LogP contribution is -2.30. The average Bonchev–Trinajstić information content (AvgIpc) is 2.97. The van der Waals surface area contributed by atoms with Crippen LogP contribution in [0.5, 0.6) is 0 Å². The fourth-order valence-electron chi connectivity index (χ4n) is 1.80. The zero-order chi connectivity index (χ0) is 17.4. The number of amides is 2. The van der Waals surface area contributed by atoms with Crippen LogP contribution in [0, 0.1) is 0 Å². The zero-order valence-corrected chi connectivity index (χ0v) is 14.3. The van der Waals surface area contributed by atoms with Gasteiger partial charge in [0.05, 0.1) is 0 Å². The summed E-state index contributed by atoms with van der Waals surface area (Å²) in [4.78, 5) is 23.2. The molecule has 1 heterocycles. The molecule has 4 N–H and O–H groups in total. The van der Waals surface area contributed by atoms with Crippen molar-refractivity contribution in [1.29, 1.82) is 0 Å². The van der Waals surface area contributed by atoms with Crippen LogP contribution >= 0.6 is 23.3 Å². The van der Waals surface area contributed by atoms with Crippen LogP contribution in [-0.2, 0) is 5.75 Å². The minimum atomic E-state index is -1.13. The normalized spacial score (nSPS) is 10.4. The van der Waals surface area contributed by atoms with Gasteiger partial charge in [-0.15, -0.1) is 0 Å². The van der Waals surface area contributed by atoms with Gasteiger partial charge in [0.1, 0.15) is 15.6 Å². The molecule has 0 unspecified atom stereocenters. The number of carboxylic acids is 1.